The number of nitrogens with zero attached hydrogens (tertiary/aromatic N) is 7. The fourth-order valence-corrected chi connectivity index (χ4v) is 3.93. The summed E-state index contributed by atoms with van der Waals surface area (Å²) in [6.07, 6.45) is 3.20. The van der Waals surface area contributed by atoms with Crippen molar-refractivity contribution in [3.63, 3.8) is 0 Å². The molecule has 4 aromatic rings. The molecule has 5 rings (SSSR count). The number of halogens is 1. The number of rotatable bonds is 4. The molecule has 10 heteroatoms. The van der Waals surface area contributed by atoms with Gasteiger partial charge in [-0.2, -0.15) is 10.1 Å². The second-order valence-electron chi connectivity index (χ2n) is 7.84. The fourth-order valence-electron chi connectivity index (χ4n) is 3.93. The zero-order chi connectivity index (χ0) is 22.9. The van der Waals surface area contributed by atoms with Gasteiger partial charge in [0.05, 0.1) is 28.7 Å². The molecule has 168 valence electrons. The van der Waals surface area contributed by atoms with Crippen molar-refractivity contribution in [3.05, 3.63) is 71.7 Å². The van der Waals surface area contributed by atoms with Gasteiger partial charge in [-0.15, -0.1) is 0 Å². The van der Waals surface area contributed by atoms with Gasteiger partial charge in [0, 0.05) is 32.4 Å². The number of carbonyl (C=O) groups is 1. The van der Waals surface area contributed by atoms with Crippen LogP contribution in [0, 0.1) is 19.7 Å². The molecule has 9 nitrogen and oxygen atoms in total. The Labute approximate surface area is 189 Å². The molecule has 0 unspecified atom stereocenters. The third kappa shape index (κ3) is 3.95. The van der Waals surface area contributed by atoms with Crippen molar-refractivity contribution in [2.24, 2.45) is 0 Å². The molecular weight excluding hydrogens is 425 g/mol. The van der Waals surface area contributed by atoms with Gasteiger partial charge < -0.3 is 14.3 Å². The maximum Gasteiger partial charge on any atom is 0.259 e. The van der Waals surface area contributed by atoms with Crippen molar-refractivity contribution >= 4 is 11.6 Å². The van der Waals surface area contributed by atoms with Crippen LogP contribution in [0.15, 0.2) is 53.3 Å². The van der Waals surface area contributed by atoms with E-state index in [4.69, 9.17) is 4.52 Å². The summed E-state index contributed by atoms with van der Waals surface area (Å²) < 4.78 is 20.9. The lowest BCUT2D eigenvalue weighted by Gasteiger charge is -2.36. The first-order valence-electron chi connectivity index (χ1n) is 10.6. The molecule has 1 amide bonds. The predicted molar refractivity (Wildman–Crippen MR) is 119 cm³/mol. The first kappa shape index (κ1) is 20.8. The van der Waals surface area contributed by atoms with Gasteiger partial charge in [-0.25, -0.2) is 14.1 Å². The Hall–Kier alpha value is -4.08. The molecule has 0 spiro atoms. The Kier molecular flexibility index (Phi) is 5.33. The summed E-state index contributed by atoms with van der Waals surface area (Å²) >= 11 is 0. The van der Waals surface area contributed by atoms with E-state index in [0.717, 1.165) is 0 Å². The van der Waals surface area contributed by atoms with Crippen molar-refractivity contribution < 1.29 is 13.7 Å². The molecule has 1 saturated heterocycles. The normalized spacial score (nSPS) is 14.0. The number of para-hydroxylation sites is 1. The summed E-state index contributed by atoms with van der Waals surface area (Å²) in [5.41, 5.74) is 2.49. The van der Waals surface area contributed by atoms with Gasteiger partial charge in [0.15, 0.2) is 11.6 Å². The van der Waals surface area contributed by atoms with Crippen LogP contribution < -0.4 is 4.90 Å². The van der Waals surface area contributed by atoms with Gasteiger partial charge in [0.25, 0.3) is 11.8 Å². The number of carbonyl (C=O) groups excluding carboxylic acids is 1. The molecule has 0 atom stereocenters. The predicted octanol–water partition coefficient (Wildman–Crippen LogP) is 3.04. The molecule has 1 aromatic carbocycles. The second kappa shape index (κ2) is 8.45. The van der Waals surface area contributed by atoms with Gasteiger partial charge in [-0.05, 0) is 38.1 Å². The minimum absolute atomic E-state index is 0.0927. The Morgan fingerprint density at radius 1 is 1.03 bits per heavy atom. The van der Waals surface area contributed by atoms with Crippen LogP contribution in [0.1, 0.15) is 21.9 Å². The monoisotopic (exact) mass is 447 g/mol. The summed E-state index contributed by atoms with van der Waals surface area (Å²) in [4.78, 5) is 25.5. The molecule has 1 aliphatic rings. The van der Waals surface area contributed by atoms with E-state index < -0.39 is 0 Å². The van der Waals surface area contributed by atoms with Gasteiger partial charge in [-0.1, -0.05) is 17.3 Å². The van der Waals surface area contributed by atoms with E-state index in [0.29, 0.717) is 66.2 Å². The minimum atomic E-state index is -0.248. The molecule has 33 heavy (non-hydrogen) atoms. The highest BCUT2D eigenvalue weighted by atomic mass is 19.1. The van der Waals surface area contributed by atoms with Crippen LogP contribution >= 0.6 is 0 Å². The first-order chi connectivity index (χ1) is 16.0. The van der Waals surface area contributed by atoms with E-state index >= 15 is 0 Å². The molecule has 0 radical (unpaired) electrons. The summed E-state index contributed by atoms with van der Waals surface area (Å²) in [6, 6.07) is 10.3. The van der Waals surface area contributed by atoms with Crippen molar-refractivity contribution in [3.8, 4) is 17.3 Å². The molecule has 3 aromatic heterocycles. The Bertz CT molecular complexity index is 1290. The van der Waals surface area contributed by atoms with Crippen molar-refractivity contribution in [1.82, 2.24) is 29.8 Å². The fraction of sp³-hybridized carbons (Fsp3) is 0.261. The quantitative estimate of drug-likeness (QED) is 0.475. The van der Waals surface area contributed by atoms with E-state index in [-0.39, 0.29) is 11.7 Å². The summed E-state index contributed by atoms with van der Waals surface area (Å²) in [7, 11) is 0. The van der Waals surface area contributed by atoms with Gasteiger partial charge in [0.1, 0.15) is 5.82 Å². The van der Waals surface area contributed by atoms with Crippen molar-refractivity contribution in [2.45, 2.75) is 13.8 Å². The van der Waals surface area contributed by atoms with Gasteiger partial charge in [-0.3, -0.25) is 4.79 Å². The van der Waals surface area contributed by atoms with Crippen LogP contribution in [0.5, 0.6) is 0 Å². The molecule has 0 bridgehead atoms. The lowest BCUT2D eigenvalue weighted by atomic mass is 10.2. The lowest BCUT2D eigenvalue weighted by molar-refractivity contribution is 0.0746. The molecule has 1 fully saturated rings. The van der Waals surface area contributed by atoms with E-state index in [1.54, 1.807) is 47.1 Å². The number of anilines is 1. The number of amides is 1. The van der Waals surface area contributed by atoms with Crippen molar-refractivity contribution in [2.75, 3.05) is 31.1 Å². The Morgan fingerprint density at radius 3 is 2.48 bits per heavy atom. The Balaban J connectivity index is 1.29. The smallest absolute Gasteiger partial charge is 0.259 e. The number of aryl methyl sites for hydroxylation is 1. The van der Waals surface area contributed by atoms with Gasteiger partial charge >= 0.3 is 0 Å². The second-order valence-corrected chi connectivity index (χ2v) is 7.84. The summed E-state index contributed by atoms with van der Waals surface area (Å²) in [5.74, 6) is 1.19. The number of pyridine rings is 1. The van der Waals surface area contributed by atoms with Crippen molar-refractivity contribution in [1.29, 1.82) is 0 Å². The summed E-state index contributed by atoms with van der Waals surface area (Å²) in [6.45, 7) is 5.74. The van der Waals surface area contributed by atoms with Crippen LogP contribution in [0.25, 0.3) is 17.3 Å². The Morgan fingerprint density at radius 2 is 1.82 bits per heavy atom. The minimum Gasteiger partial charge on any atom is -0.366 e. The van der Waals surface area contributed by atoms with Crippen LogP contribution in [0.4, 0.5) is 10.1 Å². The maximum absolute atomic E-state index is 14.1. The topological polar surface area (TPSA) is 93.2 Å². The molecule has 4 heterocycles. The number of hydrogen-bond acceptors (Lipinski definition) is 7. The van der Waals surface area contributed by atoms with E-state index in [1.807, 2.05) is 24.0 Å². The van der Waals surface area contributed by atoms with E-state index in [9.17, 15) is 9.18 Å². The zero-order valence-electron chi connectivity index (χ0n) is 18.3. The molecule has 0 saturated carbocycles. The third-order valence-corrected chi connectivity index (χ3v) is 5.74. The number of hydrogen-bond donors (Lipinski definition) is 0. The van der Waals surface area contributed by atoms with Crippen LogP contribution in [-0.2, 0) is 0 Å². The number of benzene rings is 1. The highest BCUT2D eigenvalue weighted by molar-refractivity contribution is 5.95. The van der Waals surface area contributed by atoms with Crippen LogP contribution in [0.3, 0.4) is 0 Å². The number of piperazine rings is 1. The van der Waals surface area contributed by atoms with Crippen LogP contribution in [-0.4, -0.2) is 61.9 Å². The van der Waals surface area contributed by atoms with Crippen LogP contribution in [0.2, 0.25) is 0 Å². The molecule has 0 aliphatic carbocycles. The third-order valence-electron chi connectivity index (χ3n) is 5.74. The highest BCUT2D eigenvalue weighted by Crippen LogP contribution is 2.22. The standard InChI is InChI=1S/C23H22FN7O2/c1-15-18(23(32)30-11-9-29(10-12-30)20-6-4-3-5-19(20)24)14-26-31(15)21-8-7-17(13-25-21)22-27-16(2)28-33-22/h3-8,13-14H,9-12H2,1-2H3. The largest absolute Gasteiger partial charge is 0.366 e. The molecule has 0 N–H and O–H groups in total. The SMILES string of the molecule is Cc1noc(-c2ccc(-n3ncc(C(=O)N4CCN(c5ccccc5F)CC4)c3C)nc2)n1. The maximum atomic E-state index is 14.1. The average Bonchev–Trinajstić information content (AvgIpc) is 3.45. The van der Waals surface area contributed by atoms with E-state index in [2.05, 4.69) is 20.2 Å². The first-order valence-corrected chi connectivity index (χ1v) is 10.6. The van der Waals surface area contributed by atoms with E-state index in [1.165, 1.54) is 6.07 Å². The average molecular weight is 447 g/mol. The number of aromatic nitrogens is 5. The summed E-state index contributed by atoms with van der Waals surface area (Å²) in [5, 5.41) is 8.16. The highest BCUT2D eigenvalue weighted by Gasteiger charge is 2.26. The molecular formula is C23H22FN7O2. The molecule has 1 aliphatic heterocycles. The van der Waals surface area contributed by atoms with Gasteiger partial charge in [0.2, 0.25) is 0 Å². The lowest BCUT2D eigenvalue weighted by Crippen LogP contribution is -2.49. The zero-order valence-corrected chi connectivity index (χ0v) is 18.3.